The van der Waals surface area contributed by atoms with Crippen LogP contribution in [-0.2, 0) is 0 Å². The number of nitrogens with zero attached hydrogens (tertiary/aromatic N) is 1. The summed E-state index contributed by atoms with van der Waals surface area (Å²) in [5, 5.41) is 3.58. The molecule has 1 aliphatic heterocycles. The maximum Gasteiger partial charge on any atom is 0.151 e. The van der Waals surface area contributed by atoms with Crippen LogP contribution in [-0.4, -0.2) is 23.3 Å². The lowest BCUT2D eigenvalue weighted by atomic mass is 10.1. The first-order valence-corrected chi connectivity index (χ1v) is 7.94. The monoisotopic (exact) mass is 264 g/mol. The summed E-state index contributed by atoms with van der Waals surface area (Å²) < 4.78 is 2.50. The van der Waals surface area contributed by atoms with Crippen molar-refractivity contribution in [2.24, 2.45) is 0 Å². The van der Waals surface area contributed by atoms with Crippen LogP contribution in [0.25, 0.3) is 10.2 Å². The minimum Gasteiger partial charge on any atom is -0.313 e. The van der Waals surface area contributed by atoms with E-state index < -0.39 is 0 Å². The quantitative estimate of drug-likeness (QED) is 0.858. The Morgan fingerprint density at radius 2 is 2.29 bits per heavy atom. The SMILES string of the molecule is c1ccc2sc(SC[C@@H]3CCCCN3)nc2c1. The van der Waals surface area contributed by atoms with Crippen LogP contribution < -0.4 is 5.32 Å². The molecule has 3 rings (SSSR count). The van der Waals surface area contributed by atoms with E-state index >= 15 is 0 Å². The average molecular weight is 264 g/mol. The number of aromatic nitrogens is 1. The smallest absolute Gasteiger partial charge is 0.151 e. The van der Waals surface area contributed by atoms with Gasteiger partial charge >= 0.3 is 0 Å². The zero-order valence-corrected chi connectivity index (χ0v) is 11.3. The van der Waals surface area contributed by atoms with Gasteiger partial charge in [0.25, 0.3) is 0 Å². The minimum atomic E-state index is 0.681. The van der Waals surface area contributed by atoms with Gasteiger partial charge in [-0.1, -0.05) is 30.3 Å². The second-order valence-corrected chi connectivity index (χ2v) is 6.70. The zero-order chi connectivity index (χ0) is 11.5. The molecule has 1 fully saturated rings. The molecule has 1 atom stereocenters. The van der Waals surface area contributed by atoms with E-state index in [0.717, 1.165) is 11.3 Å². The van der Waals surface area contributed by atoms with Gasteiger partial charge in [0.05, 0.1) is 10.2 Å². The lowest BCUT2D eigenvalue weighted by Crippen LogP contribution is -2.35. The number of nitrogens with one attached hydrogen (secondary N) is 1. The summed E-state index contributed by atoms with van der Waals surface area (Å²) in [5.74, 6) is 1.15. The van der Waals surface area contributed by atoms with Gasteiger partial charge in [-0.2, -0.15) is 0 Å². The van der Waals surface area contributed by atoms with E-state index in [4.69, 9.17) is 0 Å². The van der Waals surface area contributed by atoms with E-state index in [0.29, 0.717) is 6.04 Å². The second-order valence-electron chi connectivity index (χ2n) is 4.41. The molecule has 1 saturated heterocycles. The molecule has 0 amide bonds. The van der Waals surface area contributed by atoms with Crippen LogP contribution in [0.4, 0.5) is 0 Å². The Bertz CT molecular complexity index is 456. The molecule has 17 heavy (non-hydrogen) atoms. The van der Waals surface area contributed by atoms with Gasteiger partial charge in [0.15, 0.2) is 4.34 Å². The Hall–Kier alpha value is -0.580. The van der Waals surface area contributed by atoms with Gasteiger partial charge in [0.2, 0.25) is 0 Å². The fraction of sp³-hybridized carbons (Fsp3) is 0.462. The van der Waals surface area contributed by atoms with E-state index in [2.05, 4.69) is 34.6 Å². The highest BCUT2D eigenvalue weighted by atomic mass is 32.2. The van der Waals surface area contributed by atoms with E-state index in [-0.39, 0.29) is 0 Å². The summed E-state index contributed by atoms with van der Waals surface area (Å²) >= 11 is 3.71. The van der Waals surface area contributed by atoms with Crippen molar-refractivity contribution in [3.8, 4) is 0 Å². The molecule has 2 heterocycles. The molecule has 2 aromatic rings. The van der Waals surface area contributed by atoms with Crippen LogP contribution in [0.15, 0.2) is 28.6 Å². The van der Waals surface area contributed by atoms with Gasteiger partial charge < -0.3 is 5.32 Å². The summed E-state index contributed by atoms with van der Waals surface area (Å²) in [4.78, 5) is 4.65. The molecule has 0 unspecified atom stereocenters. The third-order valence-electron chi connectivity index (χ3n) is 3.09. The first-order chi connectivity index (χ1) is 8.42. The predicted molar refractivity (Wildman–Crippen MR) is 76.0 cm³/mol. The number of piperidine rings is 1. The number of thioether (sulfide) groups is 1. The van der Waals surface area contributed by atoms with Crippen molar-refractivity contribution in [2.75, 3.05) is 12.3 Å². The maximum atomic E-state index is 4.65. The lowest BCUT2D eigenvalue weighted by Gasteiger charge is -2.22. The van der Waals surface area contributed by atoms with E-state index in [1.807, 2.05) is 23.1 Å². The highest BCUT2D eigenvalue weighted by Gasteiger charge is 2.13. The molecule has 2 nitrogen and oxygen atoms in total. The minimum absolute atomic E-state index is 0.681. The van der Waals surface area contributed by atoms with Gasteiger partial charge in [0, 0.05) is 11.8 Å². The van der Waals surface area contributed by atoms with Crippen molar-refractivity contribution >= 4 is 33.3 Å². The van der Waals surface area contributed by atoms with Crippen LogP contribution in [0.3, 0.4) is 0 Å². The molecule has 1 aromatic carbocycles. The largest absolute Gasteiger partial charge is 0.313 e. The molecule has 0 radical (unpaired) electrons. The van der Waals surface area contributed by atoms with Crippen molar-refractivity contribution in [3.05, 3.63) is 24.3 Å². The van der Waals surface area contributed by atoms with Crippen LogP contribution in [0.1, 0.15) is 19.3 Å². The Labute approximate surface area is 110 Å². The summed E-state index contributed by atoms with van der Waals surface area (Å²) in [7, 11) is 0. The number of thiazole rings is 1. The first kappa shape index (κ1) is 11.5. The van der Waals surface area contributed by atoms with Gasteiger partial charge in [-0.15, -0.1) is 11.3 Å². The van der Waals surface area contributed by atoms with Crippen LogP contribution in [0.2, 0.25) is 0 Å². The van der Waals surface area contributed by atoms with E-state index in [9.17, 15) is 0 Å². The maximum absolute atomic E-state index is 4.65. The van der Waals surface area contributed by atoms with Crippen LogP contribution in [0, 0.1) is 0 Å². The third kappa shape index (κ3) is 2.81. The first-order valence-electron chi connectivity index (χ1n) is 6.13. The fourth-order valence-corrected chi connectivity index (χ4v) is 4.35. The second kappa shape index (κ2) is 5.38. The van der Waals surface area contributed by atoms with Crippen LogP contribution >= 0.6 is 23.1 Å². The van der Waals surface area contributed by atoms with E-state index in [1.54, 1.807) is 0 Å². The topological polar surface area (TPSA) is 24.9 Å². The molecule has 0 aliphatic carbocycles. The lowest BCUT2D eigenvalue weighted by molar-refractivity contribution is 0.430. The Balaban J connectivity index is 1.64. The van der Waals surface area contributed by atoms with Gasteiger partial charge in [0.1, 0.15) is 0 Å². The molecule has 4 heteroatoms. The number of fused-ring (bicyclic) bond motifs is 1. The Morgan fingerprint density at radius 1 is 1.35 bits per heavy atom. The number of para-hydroxylation sites is 1. The molecule has 1 N–H and O–H groups in total. The number of rotatable bonds is 3. The molecular formula is C13H16N2S2. The van der Waals surface area contributed by atoms with Crippen molar-refractivity contribution in [1.29, 1.82) is 0 Å². The molecule has 0 spiro atoms. The molecule has 90 valence electrons. The summed E-state index contributed by atoms with van der Waals surface area (Å²) in [6, 6.07) is 9.06. The van der Waals surface area contributed by atoms with Crippen molar-refractivity contribution in [1.82, 2.24) is 10.3 Å². The predicted octanol–water partition coefficient (Wildman–Crippen LogP) is 3.53. The Morgan fingerprint density at radius 3 is 3.12 bits per heavy atom. The molecule has 1 aromatic heterocycles. The highest BCUT2D eigenvalue weighted by Crippen LogP contribution is 2.30. The average Bonchev–Trinajstić information content (AvgIpc) is 2.80. The van der Waals surface area contributed by atoms with Gasteiger partial charge in [-0.25, -0.2) is 4.98 Å². The highest BCUT2D eigenvalue weighted by molar-refractivity contribution is 8.01. The fourth-order valence-electron chi connectivity index (χ4n) is 2.15. The van der Waals surface area contributed by atoms with Crippen LogP contribution in [0.5, 0.6) is 0 Å². The normalized spacial score (nSPS) is 20.8. The van der Waals surface area contributed by atoms with Crippen molar-refractivity contribution in [2.45, 2.75) is 29.6 Å². The Kier molecular flexibility index (Phi) is 3.64. The zero-order valence-electron chi connectivity index (χ0n) is 9.69. The van der Waals surface area contributed by atoms with E-state index in [1.165, 1.54) is 34.8 Å². The molecule has 0 bridgehead atoms. The summed E-state index contributed by atoms with van der Waals surface area (Å²) in [6.07, 6.45) is 4.03. The number of benzene rings is 1. The molecular weight excluding hydrogens is 248 g/mol. The molecule has 0 saturated carbocycles. The number of hydrogen-bond acceptors (Lipinski definition) is 4. The number of hydrogen-bond donors (Lipinski definition) is 1. The summed E-state index contributed by atoms with van der Waals surface area (Å²) in [6.45, 7) is 1.19. The van der Waals surface area contributed by atoms with Crippen molar-refractivity contribution in [3.63, 3.8) is 0 Å². The van der Waals surface area contributed by atoms with Gasteiger partial charge in [-0.05, 0) is 31.5 Å². The third-order valence-corrected chi connectivity index (χ3v) is 5.44. The van der Waals surface area contributed by atoms with Gasteiger partial charge in [-0.3, -0.25) is 0 Å². The van der Waals surface area contributed by atoms with Crippen molar-refractivity contribution < 1.29 is 0 Å². The summed E-state index contributed by atoms with van der Waals surface area (Å²) in [5.41, 5.74) is 1.14. The standard InChI is InChI=1S/C13H16N2S2/c1-2-7-12-11(6-1)15-13(17-12)16-9-10-5-3-4-8-14-10/h1-2,6-7,10,14H,3-5,8-9H2/t10-/m0/s1. The molecule has 1 aliphatic rings.